The zero-order valence-corrected chi connectivity index (χ0v) is 18.5. The number of benzene rings is 2. The summed E-state index contributed by atoms with van der Waals surface area (Å²) in [5, 5.41) is 2.75. The second kappa shape index (κ2) is 12.7. The van der Waals surface area contributed by atoms with E-state index >= 15 is 0 Å². The number of nitrogens with one attached hydrogen (secondary N) is 1. The molecule has 1 N–H and O–H groups in total. The first-order valence-electron chi connectivity index (χ1n) is 9.87. The molecule has 0 aliphatic rings. The highest BCUT2D eigenvalue weighted by molar-refractivity contribution is 5.88. The van der Waals surface area contributed by atoms with Crippen molar-refractivity contribution in [2.45, 2.75) is 54.4 Å². The zero-order valence-electron chi connectivity index (χ0n) is 18.5. The third-order valence-corrected chi connectivity index (χ3v) is 4.13. The smallest absolute Gasteiger partial charge is 0.312 e. The lowest BCUT2D eigenvalue weighted by Crippen LogP contribution is -2.33. The number of ether oxygens (including phenoxy) is 1. The van der Waals surface area contributed by atoms with Gasteiger partial charge in [-0.05, 0) is 37.1 Å². The van der Waals surface area contributed by atoms with Gasteiger partial charge in [-0.1, -0.05) is 70.2 Å². The number of methoxy groups -OCH3 is 1. The molecule has 0 radical (unpaired) electrons. The van der Waals surface area contributed by atoms with E-state index in [-0.39, 0.29) is 17.8 Å². The van der Waals surface area contributed by atoms with Gasteiger partial charge in [-0.15, -0.1) is 0 Å². The molecule has 0 spiro atoms. The van der Waals surface area contributed by atoms with Gasteiger partial charge < -0.3 is 10.1 Å². The van der Waals surface area contributed by atoms with Gasteiger partial charge >= 0.3 is 5.97 Å². The Balaban J connectivity index is 0.00000171. The number of esters is 1. The molecule has 0 saturated heterocycles. The largest absolute Gasteiger partial charge is 0.469 e. The summed E-state index contributed by atoms with van der Waals surface area (Å²) >= 11 is 0. The van der Waals surface area contributed by atoms with E-state index in [1.165, 1.54) is 14.0 Å². The second-order valence-electron chi connectivity index (χ2n) is 6.36. The van der Waals surface area contributed by atoms with Crippen LogP contribution in [-0.4, -0.2) is 19.0 Å². The van der Waals surface area contributed by atoms with Crippen LogP contribution in [0.3, 0.4) is 0 Å². The molecule has 0 heterocycles. The lowest BCUT2D eigenvalue weighted by atomic mass is 9.71. The van der Waals surface area contributed by atoms with E-state index in [0.29, 0.717) is 0 Å². The predicted molar refractivity (Wildman–Crippen MR) is 118 cm³/mol. The number of carbonyl (C=O) groups excluding carboxylic acids is 2. The summed E-state index contributed by atoms with van der Waals surface area (Å²) < 4.78 is 5.02. The SMILES string of the molecule is CC.CC.COC(=O)C(C)(C)C(c1ccccc1)c1ccc(NC(C)=O)cc1. The average molecular weight is 386 g/mol. The third-order valence-electron chi connectivity index (χ3n) is 4.13. The summed E-state index contributed by atoms with van der Waals surface area (Å²) in [7, 11) is 1.41. The van der Waals surface area contributed by atoms with Crippen LogP contribution in [-0.2, 0) is 14.3 Å². The molecule has 0 fully saturated rings. The van der Waals surface area contributed by atoms with Gasteiger partial charge in [0.2, 0.25) is 5.91 Å². The molecule has 0 saturated carbocycles. The van der Waals surface area contributed by atoms with E-state index in [2.05, 4.69) is 5.32 Å². The maximum atomic E-state index is 12.4. The number of anilines is 1. The molecule has 4 nitrogen and oxygen atoms in total. The predicted octanol–water partition coefficient (Wildman–Crippen LogP) is 6.03. The maximum Gasteiger partial charge on any atom is 0.312 e. The van der Waals surface area contributed by atoms with Crippen molar-refractivity contribution in [3.63, 3.8) is 0 Å². The number of hydrogen-bond donors (Lipinski definition) is 1. The van der Waals surface area contributed by atoms with Crippen LogP contribution in [0.4, 0.5) is 5.69 Å². The molecule has 0 aromatic heterocycles. The normalized spacial score (nSPS) is 11.0. The summed E-state index contributed by atoms with van der Waals surface area (Å²) in [4.78, 5) is 23.5. The van der Waals surface area contributed by atoms with E-state index < -0.39 is 5.41 Å². The molecule has 154 valence electrons. The number of amides is 1. The Bertz CT molecular complexity index is 706. The highest BCUT2D eigenvalue weighted by atomic mass is 16.5. The highest BCUT2D eigenvalue weighted by Crippen LogP contribution is 2.42. The van der Waals surface area contributed by atoms with Crippen molar-refractivity contribution in [3.8, 4) is 0 Å². The fourth-order valence-electron chi connectivity index (χ4n) is 3.01. The van der Waals surface area contributed by atoms with Gasteiger partial charge in [0.25, 0.3) is 0 Å². The van der Waals surface area contributed by atoms with Gasteiger partial charge in [-0.25, -0.2) is 0 Å². The maximum absolute atomic E-state index is 12.4. The van der Waals surface area contributed by atoms with Crippen LogP contribution in [0.2, 0.25) is 0 Å². The third kappa shape index (κ3) is 6.84. The summed E-state index contributed by atoms with van der Waals surface area (Å²) in [5.74, 6) is -0.530. The van der Waals surface area contributed by atoms with Gasteiger partial charge in [0, 0.05) is 18.5 Å². The van der Waals surface area contributed by atoms with Gasteiger partial charge in [0.05, 0.1) is 12.5 Å². The van der Waals surface area contributed by atoms with E-state index in [4.69, 9.17) is 4.74 Å². The lowest BCUT2D eigenvalue weighted by Gasteiger charge is -2.32. The Hall–Kier alpha value is -2.62. The van der Waals surface area contributed by atoms with Crippen molar-refractivity contribution in [1.29, 1.82) is 0 Å². The monoisotopic (exact) mass is 385 g/mol. The average Bonchev–Trinajstić information content (AvgIpc) is 2.72. The van der Waals surface area contributed by atoms with Crippen LogP contribution in [0.1, 0.15) is 65.5 Å². The number of hydrogen-bond acceptors (Lipinski definition) is 3. The Morgan fingerprint density at radius 3 is 1.75 bits per heavy atom. The van der Waals surface area contributed by atoms with Gasteiger partial charge in [-0.3, -0.25) is 9.59 Å². The molecule has 2 aromatic carbocycles. The molecule has 1 unspecified atom stereocenters. The minimum Gasteiger partial charge on any atom is -0.469 e. The molecule has 0 bridgehead atoms. The highest BCUT2D eigenvalue weighted by Gasteiger charge is 2.39. The van der Waals surface area contributed by atoms with E-state index in [1.54, 1.807) is 0 Å². The molecule has 1 amide bonds. The van der Waals surface area contributed by atoms with Crippen molar-refractivity contribution in [2.75, 3.05) is 12.4 Å². The number of rotatable bonds is 5. The van der Waals surface area contributed by atoms with Crippen LogP contribution in [0.5, 0.6) is 0 Å². The second-order valence-corrected chi connectivity index (χ2v) is 6.36. The van der Waals surface area contributed by atoms with E-state index in [1.807, 2.05) is 96.1 Å². The standard InChI is InChI=1S/C20H23NO3.2C2H6/c1-14(22)21-17-12-10-16(11-13-17)18(15-8-6-5-7-9-15)20(2,3)19(23)24-4;2*1-2/h5-13,18H,1-4H3,(H,21,22);2*1-2H3. The first kappa shape index (κ1) is 25.4. The van der Waals surface area contributed by atoms with Crippen molar-refractivity contribution < 1.29 is 14.3 Å². The van der Waals surface area contributed by atoms with Crippen molar-refractivity contribution in [1.82, 2.24) is 0 Å². The van der Waals surface area contributed by atoms with Crippen molar-refractivity contribution >= 4 is 17.6 Å². The van der Waals surface area contributed by atoms with Crippen LogP contribution in [0.15, 0.2) is 54.6 Å². The molecule has 0 aliphatic carbocycles. The van der Waals surface area contributed by atoms with Crippen molar-refractivity contribution in [2.24, 2.45) is 5.41 Å². The molecule has 2 aromatic rings. The van der Waals surface area contributed by atoms with Gasteiger partial charge in [0.15, 0.2) is 0 Å². The van der Waals surface area contributed by atoms with Crippen LogP contribution < -0.4 is 5.32 Å². The van der Waals surface area contributed by atoms with Crippen LogP contribution in [0.25, 0.3) is 0 Å². The summed E-state index contributed by atoms with van der Waals surface area (Å²) in [6.07, 6.45) is 0. The zero-order chi connectivity index (χ0) is 21.7. The topological polar surface area (TPSA) is 55.4 Å². The minimum absolute atomic E-state index is 0.114. The Morgan fingerprint density at radius 1 is 0.857 bits per heavy atom. The first-order valence-corrected chi connectivity index (χ1v) is 9.87. The molecule has 4 heteroatoms. The van der Waals surface area contributed by atoms with E-state index in [0.717, 1.165) is 16.8 Å². The van der Waals surface area contributed by atoms with Crippen LogP contribution >= 0.6 is 0 Å². The Morgan fingerprint density at radius 2 is 1.32 bits per heavy atom. The summed E-state index contributed by atoms with van der Waals surface area (Å²) in [6, 6.07) is 17.5. The Labute approximate surface area is 170 Å². The number of carbonyl (C=O) groups is 2. The summed E-state index contributed by atoms with van der Waals surface area (Å²) in [5.41, 5.74) is 2.03. The van der Waals surface area contributed by atoms with E-state index in [9.17, 15) is 9.59 Å². The van der Waals surface area contributed by atoms with Crippen molar-refractivity contribution in [3.05, 3.63) is 65.7 Å². The quantitative estimate of drug-likeness (QED) is 0.639. The molecule has 2 rings (SSSR count). The molecule has 0 aliphatic heterocycles. The van der Waals surface area contributed by atoms with Gasteiger partial charge in [-0.2, -0.15) is 0 Å². The fourth-order valence-corrected chi connectivity index (χ4v) is 3.01. The Kier molecular flexibility index (Phi) is 11.5. The van der Waals surface area contributed by atoms with Crippen LogP contribution in [0, 0.1) is 5.41 Å². The first-order chi connectivity index (χ1) is 13.4. The molecule has 28 heavy (non-hydrogen) atoms. The fraction of sp³-hybridized carbons (Fsp3) is 0.417. The summed E-state index contributed by atoms with van der Waals surface area (Å²) in [6.45, 7) is 13.2. The molecular formula is C24H35NO3. The minimum atomic E-state index is -0.731. The molecular weight excluding hydrogens is 350 g/mol. The molecule has 1 atom stereocenters. The van der Waals surface area contributed by atoms with Gasteiger partial charge in [0.1, 0.15) is 0 Å². The lowest BCUT2D eigenvalue weighted by molar-refractivity contribution is -0.151.